The molecule has 1 atom stereocenters. The number of pyridine rings is 1. The van der Waals surface area contributed by atoms with Crippen molar-refractivity contribution in [3.05, 3.63) is 46.1 Å². The predicted octanol–water partition coefficient (Wildman–Crippen LogP) is 5.10. The number of hydrogen-bond acceptors (Lipinski definition) is 6. The van der Waals surface area contributed by atoms with Crippen molar-refractivity contribution in [2.75, 3.05) is 49.7 Å². The van der Waals surface area contributed by atoms with Crippen LogP contribution in [0.1, 0.15) is 35.2 Å². The molecule has 0 bridgehead atoms. The summed E-state index contributed by atoms with van der Waals surface area (Å²) in [5.41, 5.74) is 1.26. The number of anilines is 2. The molecule has 0 spiro atoms. The summed E-state index contributed by atoms with van der Waals surface area (Å²) >= 11 is 3.40. The summed E-state index contributed by atoms with van der Waals surface area (Å²) in [5.74, 6) is -2.88. The number of amides is 2. The second-order valence-corrected chi connectivity index (χ2v) is 12.2. The molecular formula is C24H30BrF2N5O4S. The fraction of sp³-hybridized carbons (Fsp3) is 0.458. The number of aromatic nitrogens is 1. The van der Waals surface area contributed by atoms with Gasteiger partial charge in [0.15, 0.2) is 0 Å². The molecule has 13 heteroatoms. The zero-order chi connectivity index (χ0) is 27.4. The minimum atomic E-state index is -2.85. The van der Waals surface area contributed by atoms with Gasteiger partial charge in [0.2, 0.25) is 5.92 Å². The number of halogens is 3. The van der Waals surface area contributed by atoms with Gasteiger partial charge in [0.05, 0.1) is 21.8 Å². The number of hydrogen-bond donors (Lipinski definition) is 2. The summed E-state index contributed by atoms with van der Waals surface area (Å²) in [6.07, 6.45) is 1.66. The molecule has 202 valence electrons. The second-order valence-electron chi connectivity index (χ2n) is 8.97. The van der Waals surface area contributed by atoms with Crippen LogP contribution in [-0.2, 0) is 9.73 Å². The molecule has 0 aliphatic carbocycles. The van der Waals surface area contributed by atoms with Gasteiger partial charge in [-0.1, -0.05) is 6.07 Å². The average Bonchev–Trinajstić information content (AvgIpc) is 3.00. The molecule has 0 saturated carbocycles. The normalized spacial score (nSPS) is 16.9. The van der Waals surface area contributed by atoms with Crippen molar-refractivity contribution in [2.24, 2.45) is 4.36 Å². The summed E-state index contributed by atoms with van der Waals surface area (Å²) < 4.78 is 45.8. The zero-order valence-corrected chi connectivity index (χ0v) is 23.2. The smallest absolute Gasteiger partial charge is 0.407 e. The minimum Gasteiger partial charge on any atom is -0.465 e. The Hall–Kier alpha value is -2.80. The van der Waals surface area contributed by atoms with Crippen LogP contribution in [0.15, 0.2) is 44.2 Å². The van der Waals surface area contributed by atoms with E-state index < -0.39 is 27.7 Å². The van der Waals surface area contributed by atoms with Gasteiger partial charge in [0.25, 0.3) is 5.91 Å². The molecule has 1 aliphatic rings. The van der Waals surface area contributed by atoms with Crippen LogP contribution in [0.2, 0.25) is 0 Å². The molecule has 1 saturated heterocycles. The number of alkyl halides is 2. The predicted molar refractivity (Wildman–Crippen MR) is 142 cm³/mol. The number of carbonyl (C=O) groups excluding carboxylic acids is 1. The maximum Gasteiger partial charge on any atom is 0.407 e. The number of carbonyl (C=O) groups is 2. The molecule has 1 aliphatic heterocycles. The molecule has 2 N–H and O–H groups in total. The average molecular weight is 603 g/mol. The zero-order valence-electron chi connectivity index (χ0n) is 20.8. The third-order valence-electron chi connectivity index (χ3n) is 6.13. The molecule has 0 radical (unpaired) electrons. The number of rotatable bonds is 7. The molecular weight excluding hydrogens is 572 g/mol. The summed E-state index contributed by atoms with van der Waals surface area (Å²) in [5, 5.41) is 11.8. The van der Waals surface area contributed by atoms with Gasteiger partial charge in [0.1, 0.15) is 5.82 Å². The molecule has 37 heavy (non-hydrogen) atoms. The van der Waals surface area contributed by atoms with E-state index in [4.69, 9.17) is 5.11 Å². The molecule has 1 unspecified atom stereocenters. The molecule has 2 aromatic rings. The highest BCUT2D eigenvalue weighted by atomic mass is 79.9. The van der Waals surface area contributed by atoms with Crippen LogP contribution in [0.25, 0.3) is 0 Å². The third kappa shape index (κ3) is 7.37. The van der Waals surface area contributed by atoms with Gasteiger partial charge in [-0.2, -0.15) is 0 Å². The highest BCUT2D eigenvalue weighted by Crippen LogP contribution is 2.33. The van der Waals surface area contributed by atoms with E-state index in [0.717, 1.165) is 4.90 Å². The largest absolute Gasteiger partial charge is 0.465 e. The lowest BCUT2D eigenvalue weighted by Crippen LogP contribution is -2.30. The molecule has 1 aromatic heterocycles. The van der Waals surface area contributed by atoms with Crippen molar-refractivity contribution in [3.63, 3.8) is 0 Å². The molecule has 2 amide bonds. The van der Waals surface area contributed by atoms with E-state index in [1.807, 2.05) is 0 Å². The van der Waals surface area contributed by atoms with Crippen molar-refractivity contribution in [3.8, 4) is 0 Å². The lowest BCUT2D eigenvalue weighted by molar-refractivity contribution is -0.0102. The fourth-order valence-electron chi connectivity index (χ4n) is 3.89. The van der Waals surface area contributed by atoms with E-state index >= 15 is 0 Å². The number of likely N-dealkylation sites (N-methyl/N-ethyl adjacent to an activating group) is 1. The number of benzene rings is 1. The topological polar surface area (TPSA) is 115 Å². The standard InChI is InChI=1S/C24H30BrF2N5O4S/c1-16-19(25)15-28-21(32-11-5-8-24(26,27)9-12-32)20(16)22(33)30-17-6-4-7-18(14-17)37(3,36)29-10-13-31(2)23(34)35/h4,6-7,14-15H,5,8-13H2,1-3H3,(H,30,33)(H,34,35). The molecule has 1 aromatic carbocycles. The lowest BCUT2D eigenvalue weighted by Gasteiger charge is -2.25. The maximum atomic E-state index is 13.9. The molecule has 9 nitrogen and oxygen atoms in total. The van der Waals surface area contributed by atoms with E-state index in [9.17, 15) is 22.6 Å². The van der Waals surface area contributed by atoms with Gasteiger partial charge in [-0.05, 0) is 53.0 Å². The van der Waals surface area contributed by atoms with E-state index in [2.05, 4.69) is 30.6 Å². The van der Waals surface area contributed by atoms with E-state index in [1.54, 1.807) is 42.3 Å². The Morgan fingerprint density at radius 3 is 2.76 bits per heavy atom. The first-order valence-corrected chi connectivity index (χ1v) is 14.3. The van der Waals surface area contributed by atoms with Crippen molar-refractivity contribution in [2.45, 2.75) is 37.0 Å². The summed E-state index contributed by atoms with van der Waals surface area (Å²) in [6.45, 7) is 2.33. The SMILES string of the molecule is Cc1c(Br)cnc(N2CCCC(F)(F)CC2)c1C(=O)Nc1cccc(S(C)(=O)=NCCN(C)C(=O)O)c1. The first-order valence-electron chi connectivity index (χ1n) is 11.6. The van der Waals surface area contributed by atoms with Gasteiger partial charge in [-0.25, -0.2) is 27.1 Å². The first kappa shape index (κ1) is 28.8. The quantitative estimate of drug-likeness (QED) is 0.456. The van der Waals surface area contributed by atoms with Crippen LogP contribution in [0.5, 0.6) is 0 Å². The Morgan fingerprint density at radius 2 is 2.05 bits per heavy atom. The van der Waals surface area contributed by atoms with Crippen molar-refractivity contribution in [1.29, 1.82) is 0 Å². The van der Waals surface area contributed by atoms with Gasteiger partial charge in [-0.3, -0.25) is 4.79 Å². The maximum absolute atomic E-state index is 13.9. The Labute approximate surface area is 223 Å². The highest BCUT2D eigenvalue weighted by Gasteiger charge is 2.33. The first-order chi connectivity index (χ1) is 17.3. The van der Waals surface area contributed by atoms with Crippen LogP contribution in [0, 0.1) is 6.92 Å². The molecule has 2 heterocycles. The fourth-order valence-corrected chi connectivity index (χ4v) is 5.45. The minimum absolute atomic E-state index is 0.0515. The Balaban J connectivity index is 1.86. The summed E-state index contributed by atoms with van der Waals surface area (Å²) in [4.78, 5) is 31.9. The van der Waals surface area contributed by atoms with Gasteiger partial charge in [0, 0.05) is 67.0 Å². The van der Waals surface area contributed by atoms with E-state index in [0.29, 0.717) is 33.0 Å². The van der Waals surface area contributed by atoms with E-state index in [-0.39, 0.29) is 44.5 Å². The Kier molecular flexibility index (Phi) is 9.11. The van der Waals surface area contributed by atoms with Gasteiger partial charge in [-0.15, -0.1) is 0 Å². The van der Waals surface area contributed by atoms with Crippen LogP contribution in [0.4, 0.5) is 25.1 Å². The van der Waals surface area contributed by atoms with Gasteiger partial charge >= 0.3 is 6.09 Å². The summed E-state index contributed by atoms with van der Waals surface area (Å²) in [7, 11) is -1.46. The molecule has 3 rings (SSSR count). The number of nitrogens with zero attached hydrogens (tertiary/aromatic N) is 4. The number of nitrogens with one attached hydrogen (secondary N) is 1. The second kappa shape index (κ2) is 11.7. The van der Waals surface area contributed by atoms with Crippen LogP contribution >= 0.6 is 15.9 Å². The molecule has 1 fully saturated rings. The van der Waals surface area contributed by atoms with Crippen LogP contribution in [0.3, 0.4) is 0 Å². The Morgan fingerprint density at radius 1 is 1.32 bits per heavy atom. The monoisotopic (exact) mass is 601 g/mol. The van der Waals surface area contributed by atoms with Crippen LogP contribution < -0.4 is 10.2 Å². The highest BCUT2D eigenvalue weighted by molar-refractivity contribution is 9.10. The van der Waals surface area contributed by atoms with Crippen molar-refractivity contribution >= 4 is 49.2 Å². The summed E-state index contributed by atoms with van der Waals surface area (Å²) in [6, 6.07) is 6.45. The van der Waals surface area contributed by atoms with Crippen LogP contribution in [-0.4, -0.2) is 76.6 Å². The third-order valence-corrected chi connectivity index (χ3v) is 8.73. The lowest BCUT2D eigenvalue weighted by atomic mass is 10.1. The Bertz CT molecular complexity index is 1300. The van der Waals surface area contributed by atoms with Crippen molar-refractivity contribution < 1.29 is 27.7 Å². The van der Waals surface area contributed by atoms with Gasteiger partial charge < -0.3 is 20.2 Å². The van der Waals surface area contributed by atoms with E-state index in [1.165, 1.54) is 13.3 Å². The number of carboxylic acid groups (broad SMARTS) is 1. The van der Waals surface area contributed by atoms with Crippen molar-refractivity contribution in [1.82, 2.24) is 9.88 Å².